The molecule has 3 aliphatic heterocycles. The first kappa shape index (κ1) is 16.9. The van der Waals surface area contributed by atoms with Crippen LogP contribution in [0.2, 0.25) is 0 Å². The molecule has 3 heterocycles. The number of piperidine rings is 1. The number of benzene rings is 1. The molecule has 1 N–H and O–H groups in total. The Kier molecular flexibility index (Phi) is 4.95. The summed E-state index contributed by atoms with van der Waals surface area (Å²) in [6.07, 6.45) is 4.39. The molecule has 25 heavy (non-hydrogen) atoms. The smallest absolute Gasteiger partial charge is 0.239 e. The number of hydrogen-bond acceptors (Lipinski definition) is 4. The highest BCUT2D eigenvalue weighted by atomic mass is 16.5. The van der Waals surface area contributed by atoms with E-state index in [-0.39, 0.29) is 18.1 Å². The molecule has 0 aromatic heterocycles. The van der Waals surface area contributed by atoms with Gasteiger partial charge in [-0.1, -0.05) is 18.2 Å². The summed E-state index contributed by atoms with van der Waals surface area (Å²) in [5, 5.41) is 3.31. The molecule has 2 saturated heterocycles. The Labute approximate surface area is 150 Å². The Morgan fingerprint density at radius 1 is 1.24 bits per heavy atom. The summed E-state index contributed by atoms with van der Waals surface area (Å²) in [5.41, 5.74) is 2.90. The van der Waals surface area contributed by atoms with E-state index >= 15 is 0 Å². The lowest BCUT2D eigenvalue weighted by Crippen LogP contribution is -2.48. The van der Waals surface area contributed by atoms with Crippen molar-refractivity contribution in [2.24, 2.45) is 5.92 Å². The molecule has 1 amide bonds. The van der Waals surface area contributed by atoms with E-state index < -0.39 is 0 Å². The van der Waals surface area contributed by atoms with Gasteiger partial charge in [0.05, 0.1) is 12.1 Å². The van der Waals surface area contributed by atoms with E-state index in [0.717, 1.165) is 52.0 Å². The second-order valence-electron chi connectivity index (χ2n) is 7.65. The Morgan fingerprint density at radius 2 is 2.04 bits per heavy atom. The van der Waals surface area contributed by atoms with Gasteiger partial charge in [0.1, 0.15) is 0 Å². The standard InChI is InChI=1S/C20H29N3O2/c1-25-17-12-18(21-13-17)20(24)22-9-6-15(7-10-22)14-23-11-8-16-4-2-3-5-19(16)23/h2-5,15,17-18,21H,6-14H2,1H3/t17-,18-/m0/s1. The highest BCUT2D eigenvalue weighted by Crippen LogP contribution is 2.30. The minimum absolute atomic E-state index is 0.0491. The maximum Gasteiger partial charge on any atom is 0.239 e. The number of carbonyl (C=O) groups excluding carboxylic acids is 1. The summed E-state index contributed by atoms with van der Waals surface area (Å²) in [5.74, 6) is 0.961. The zero-order valence-corrected chi connectivity index (χ0v) is 15.1. The van der Waals surface area contributed by atoms with Crippen molar-refractivity contribution in [1.29, 1.82) is 0 Å². The average molecular weight is 343 g/mol. The van der Waals surface area contributed by atoms with Gasteiger partial charge in [-0.05, 0) is 43.2 Å². The molecular weight excluding hydrogens is 314 g/mol. The van der Waals surface area contributed by atoms with Crippen molar-refractivity contribution in [2.45, 2.75) is 37.8 Å². The largest absolute Gasteiger partial charge is 0.380 e. The van der Waals surface area contributed by atoms with Crippen molar-refractivity contribution >= 4 is 11.6 Å². The van der Waals surface area contributed by atoms with Crippen LogP contribution < -0.4 is 10.2 Å². The summed E-state index contributed by atoms with van der Waals surface area (Å²) in [4.78, 5) is 17.3. The zero-order valence-electron chi connectivity index (χ0n) is 15.1. The number of fused-ring (bicyclic) bond motifs is 1. The predicted molar refractivity (Wildman–Crippen MR) is 98.9 cm³/mol. The Hall–Kier alpha value is -1.59. The number of amides is 1. The van der Waals surface area contributed by atoms with Crippen molar-refractivity contribution in [3.8, 4) is 0 Å². The number of ether oxygens (including phenoxy) is 1. The second kappa shape index (κ2) is 7.34. The Balaban J connectivity index is 1.27. The number of nitrogens with zero attached hydrogens (tertiary/aromatic N) is 2. The van der Waals surface area contributed by atoms with Gasteiger partial charge in [0, 0.05) is 45.5 Å². The second-order valence-corrected chi connectivity index (χ2v) is 7.65. The van der Waals surface area contributed by atoms with Gasteiger partial charge in [0.15, 0.2) is 0 Å². The maximum atomic E-state index is 12.7. The molecule has 2 atom stereocenters. The molecule has 2 fully saturated rings. The van der Waals surface area contributed by atoms with Gasteiger partial charge in [-0.3, -0.25) is 4.79 Å². The Morgan fingerprint density at radius 3 is 2.80 bits per heavy atom. The van der Waals surface area contributed by atoms with Gasteiger partial charge < -0.3 is 19.9 Å². The fourth-order valence-electron chi connectivity index (χ4n) is 4.54. The lowest BCUT2D eigenvalue weighted by molar-refractivity contribution is -0.134. The molecule has 0 aliphatic carbocycles. The summed E-state index contributed by atoms with van der Waals surface area (Å²) in [6.45, 7) is 4.86. The average Bonchev–Trinajstić information content (AvgIpc) is 3.29. The van der Waals surface area contributed by atoms with Gasteiger partial charge >= 0.3 is 0 Å². The molecule has 0 saturated carbocycles. The van der Waals surface area contributed by atoms with Crippen molar-refractivity contribution in [2.75, 3.05) is 44.7 Å². The van der Waals surface area contributed by atoms with Crippen LogP contribution in [0.3, 0.4) is 0 Å². The van der Waals surface area contributed by atoms with Crippen LogP contribution in [0.4, 0.5) is 5.69 Å². The molecule has 136 valence electrons. The molecule has 1 aromatic carbocycles. The van der Waals surface area contributed by atoms with Crippen LogP contribution in [0.1, 0.15) is 24.8 Å². The quantitative estimate of drug-likeness (QED) is 0.903. The summed E-state index contributed by atoms with van der Waals surface area (Å²) >= 11 is 0. The Bertz CT molecular complexity index is 613. The predicted octanol–water partition coefficient (Wildman–Crippen LogP) is 1.66. The van der Waals surface area contributed by atoms with Crippen LogP contribution in [0.15, 0.2) is 24.3 Å². The number of methoxy groups -OCH3 is 1. The van der Waals surface area contributed by atoms with E-state index in [0.29, 0.717) is 5.92 Å². The summed E-state index contributed by atoms with van der Waals surface area (Å²) in [6, 6.07) is 8.72. The number of carbonyl (C=O) groups is 1. The van der Waals surface area contributed by atoms with E-state index in [1.165, 1.54) is 17.7 Å². The number of rotatable bonds is 4. The molecule has 5 nitrogen and oxygen atoms in total. The highest BCUT2D eigenvalue weighted by molar-refractivity contribution is 5.82. The maximum absolute atomic E-state index is 12.7. The van der Waals surface area contributed by atoms with Crippen LogP contribution in [0, 0.1) is 5.92 Å². The molecule has 5 heteroatoms. The van der Waals surface area contributed by atoms with Gasteiger partial charge in [-0.15, -0.1) is 0 Å². The summed E-state index contributed by atoms with van der Waals surface area (Å²) in [7, 11) is 1.72. The SMILES string of the molecule is CO[C@@H]1CN[C@H](C(=O)N2CCC(CN3CCc4ccccc43)CC2)C1. The van der Waals surface area contributed by atoms with E-state index in [4.69, 9.17) is 4.74 Å². The number of anilines is 1. The van der Waals surface area contributed by atoms with Gasteiger partial charge in [0.25, 0.3) is 0 Å². The topological polar surface area (TPSA) is 44.8 Å². The highest BCUT2D eigenvalue weighted by Gasteiger charge is 2.34. The van der Waals surface area contributed by atoms with Crippen molar-refractivity contribution in [3.05, 3.63) is 29.8 Å². The van der Waals surface area contributed by atoms with Crippen molar-refractivity contribution in [1.82, 2.24) is 10.2 Å². The van der Waals surface area contributed by atoms with Crippen molar-refractivity contribution < 1.29 is 9.53 Å². The first-order chi connectivity index (χ1) is 12.2. The van der Waals surface area contributed by atoms with Crippen LogP contribution in [-0.2, 0) is 16.0 Å². The number of likely N-dealkylation sites (tertiary alicyclic amines) is 1. The van der Waals surface area contributed by atoms with Gasteiger partial charge in [0.2, 0.25) is 5.91 Å². The zero-order chi connectivity index (χ0) is 17.2. The first-order valence-corrected chi connectivity index (χ1v) is 9.62. The molecular formula is C20H29N3O2. The number of para-hydroxylation sites is 1. The normalized spacial score (nSPS) is 26.9. The van der Waals surface area contributed by atoms with E-state index in [2.05, 4.69) is 39.4 Å². The summed E-state index contributed by atoms with van der Waals surface area (Å²) < 4.78 is 5.36. The monoisotopic (exact) mass is 343 g/mol. The van der Waals surface area contributed by atoms with Crippen LogP contribution in [0.25, 0.3) is 0 Å². The van der Waals surface area contributed by atoms with E-state index in [1.54, 1.807) is 7.11 Å². The molecule has 0 radical (unpaired) electrons. The lowest BCUT2D eigenvalue weighted by atomic mass is 9.95. The number of hydrogen-bond donors (Lipinski definition) is 1. The van der Waals surface area contributed by atoms with Crippen LogP contribution >= 0.6 is 0 Å². The minimum Gasteiger partial charge on any atom is -0.380 e. The third kappa shape index (κ3) is 3.53. The first-order valence-electron chi connectivity index (χ1n) is 9.62. The lowest BCUT2D eigenvalue weighted by Gasteiger charge is -2.35. The number of nitrogens with one attached hydrogen (secondary N) is 1. The third-order valence-corrected chi connectivity index (χ3v) is 6.11. The van der Waals surface area contributed by atoms with E-state index in [9.17, 15) is 4.79 Å². The molecule has 0 spiro atoms. The van der Waals surface area contributed by atoms with Crippen LogP contribution in [-0.4, -0.2) is 62.8 Å². The van der Waals surface area contributed by atoms with Gasteiger partial charge in [-0.2, -0.15) is 0 Å². The van der Waals surface area contributed by atoms with Crippen LogP contribution in [0.5, 0.6) is 0 Å². The fourth-order valence-corrected chi connectivity index (χ4v) is 4.54. The molecule has 0 bridgehead atoms. The fraction of sp³-hybridized carbons (Fsp3) is 0.650. The third-order valence-electron chi connectivity index (χ3n) is 6.11. The van der Waals surface area contributed by atoms with Crippen molar-refractivity contribution in [3.63, 3.8) is 0 Å². The molecule has 1 aromatic rings. The minimum atomic E-state index is -0.0491. The molecule has 3 aliphatic rings. The molecule has 4 rings (SSSR count). The molecule has 0 unspecified atom stereocenters. The van der Waals surface area contributed by atoms with Gasteiger partial charge in [-0.25, -0.2) is 0 Å². The van der Waals surface area contributed by atoms with E-state index in [1.807, 2.05) is 0 Å².